The average Bonchev–Trinajstić information content (AvgIpc) is 2.15. The van der Waals surface area contributed by atoms with Gasteiger partial charge >= 0.3 is 0 Å². The highest BCUT2D eigenvalue weighted by Gasteiger charge is 2.05. The predicted octanol–water partition coefficient (Wildman–Crippen LogP) is 4.23. The van der Waals surface area contributed by atoms with E-state index in [2.05, 4.69) is 19.6 Å². The minimum Gasteiger partial charge on any atom is -0.0956 e. The molecule has 0 unspecified atom stereocenters. The van der Waals surface area contributed by atoms with E-state index in [-0.39, 0.29) is 0 Å². The van der Waals surface area contributed by atoms with E-state index in [9.17, 15) is 0 Å². The smallest absolute Gasteiger partial charge is 0.0279 e. The molecule has 0 aromatic rings. The molecule has 0 atom stereocenters. The molecule has 0 amide bonds. The molecule has 1 aliphatic rings. The Bertz CT molecular complexity index is 174. The van der Waals surface area contributed by atoms with Gasteiger partial charge in [0, 0.05) is 0 Å². The highest BCUT2D eigenvalue weighted by Crippen LogP contribution is 2.25. The van der Waals surface area contributed by atoms with Gasteiger partial charge in [-0.1, -0.05) is 31.6 Å². The minimum absolute atomic E-state index is 1.21. The van der Waals surface area contributed by atoms with Gasteiger partial charge < -0.3 is 0 Å². The molecule has 0 nitrogen and oxygen atoms in total. The van der Waals surface area contributed by atoms with Gasteiger partial charge in [-0.25, -0.2) is 0 Å². The minimum atomic E-state index is 1.21. The van der Waals surface area contributed by atoms with Gasteiger partial charge in [0.15, 0.2) is 0 Å². The highest BCUT2D eigenvalue weighted by atomic mass is 14.1. The van der Waals surface area contributed by atoms with E-state index in [1.807, 2.05) is 0 Å². The SMILES string of the molecule is C=C(CCCC)C1=CCCCC1. The second kappa shape index (κ2) is 5.18. The van der Waals surface area contributed by atoms with Crippen LogP contribution in [-0.4, -0.2) is 0 Å². The zero-order chi connectivity index (χ0) is 8.81. The van der Waals surface area contributed by atoms with Crippen molar-refractivity contribution in [3.8, 4) is 0 Å². The first-order chi connectivity index (χ1) is 5.84. The molecule has 0 saturated heterocycles. The molecule has 0 fully saturated rings. The monoisotopic (exact) mass is 164 g/mol. The fraction of sp³-hybridized carbons (Fsp3) is 0.667. The van der Waals surface area contributed by atoms with Gasteiger partial charge in [0.05, 0.1) is 0 Å². The Morgan fingerprint density at radius 3 is 2.92 bits per heavy atom. The standard InChI is InChI=1S/C12H20/c1-3-4-8-11(2)12-9-6-5-7-10-12/h9H,2-8,10H2,1H3. The lowest BCUT2D eigenvalue weighted by Crippen LogP contribution is -1.94. The Morgan fingerprint density at radius 1 is 1.50 bits per heavy atom. The number of hydrogen-bond donors (Lipinski definition) is 0. The van der Waals surface area contributed by atoms with E-state index in [0.29, 0.717) is 0 Å². The molecule has 1 rings (SSSR count). The molecule has 68 valence electrons. The Hall–Kier alpha value is -0.520. The number of unbranched alkanes of at least 4 members (excludes halogenated alkanes) is 1. The van der Waals surface area contributed by atoms with E-state index in [0.717, 1.165) is 0 Å². The summed E-state index contributed by atoms with van der Waals surface area (Å²) in [4.78, 5) is 0. The van der Waals surface area contributed by atoms with Crippen molar-refractivity contribution < 1.29 is 0 Å². The third-order valence-corrected chi connectivity index (χ3v) is 2.58. The number of hydrogen-bond acceptors (Lipinski definition) is 0. The summed E-state index contributed by atoms with van der Waals surface area (Å²) in [5.41, 5.74) is 2.95. The zero-order valence-electron chi connectivity index (χ0n) is 8.23. The molecule has 0 aromatic heterocycles. The molecule has 0 N–H and O–H groups in total. The first kappa shape index (κ1) is 9.57. The largest absolute Gasteiger partial charge is 0.0956 e. The predicted molar refractivity (Wildman–Crippen MR) is 55.2 cm³/mol. The van der Waals surface area contributed by atoms with Gasteiger partial charge in [0.25, 0.3) is 0 Å². The third-order valence-electron chi connectivity index (χ3n) is 2.58. The molecule has 0 radical (unpaired) electrons. The summed E-state index contributed by atoms with van der Waals surface area (Å²) >= 11 is 0. The van der Waals surface area contributed by atoms with Gasteiger partial charge in [-0.3, -0.25) is 0 Å². The van der Waals surface area contributed by atoms with Crippen molar-refractivity contribution in [2.45, 2.75) is 51.9 Å². The molecule has 12 heavy (non-hydrogen) atoms. The van der Waals surface area contributed by atoms with Gasteiger partial charge in [-0.05, 0) is 44.1 Å². The van der Waals surface area contributed by atoms with Crippen LogP contribution in [-0.2, 0) is 0 Å². The van der Waals surface area contributed by atoms with E-state index >= 15 is 0 Å². The van der Waals surface area contributed by atoms with Crippen molar-refractivity contribution in [3.63, 3.8) is 0 Å². The molecule has 0 aliphatic heterocycles. The van der Waals surface area contributed by atoms with Crippen LogP contribution in [0.5, 0.6) is 0 Å². The van der Waals surface area contributed by atoms with Crippen LogP contribution in [0.15, 0.2) is 23.8 Å². The van der Waals surface area contributed by atoms with Crippen molar-refractivity contribution in [3.05, 3.63) is 23.8 Å². The zero-order valence-corrected chi connectivity index (χ0v) is 8.23. The highest BCUT2D eigenvalue weighted by molar-refractivity contribution is 5.29. The summed E-state index contributed by atoms with van der Waals surface area (Å²) in [5, 5.41) is 0. The fourth-order valence-electron chi connectivity index (χ4n) is 1.71. The average molecular weight is 164 g/mol. The maximum absolute atomic E-state index is 4.15. The maximum Gasteiger partial charge on any atom is -0.0279 e. The van der Waals surface area contributed by atoms with E-state index in [1.54, 1.807) is 5.57 Å². The van der Waals surface area contributed by atoms with Gasteiger partial charge in [-0.15, -0.1) is 0 Å². The van der Waals surface area contributed by atoms with Gasteiger partial charge in [0.2, 0.25) is 0 Å². The van der Waals surface area contributed by atoms with Crippen LogP contribution in [0.4, 0.5) is 0 Å². The van der Waals surface area contributed by atoms with Crippen LogP contribution >= 0.6 is 0 Å². The van der Waals surface area contributed by atoms with Crippen molar-refractivity contribution >= 4 is 0 Å². The first-order valence-corrected chi connectivity index (χ1v) is 5.21. The molecule has 0 heterocycles. The summed E-state index contributed by atoms with van der Waals surface area (Å²) in [6.45, 7) is 6.39. The lowest BCUT2D eigenvalue weighted by atomic mass is 9.92. The molecule has 0 heteroatoms. The topological polar surface area (TPSA) is 0 Å². The summed E-state index contributed by atoms with van der Waals surface area (Å²) < 4.78 is 0. The lowest BCUT2D eigenvalue weighted by molar-refractivity contribution is 0.692. The van der Waals surface area contributed by atoms with Gasteiger partial charge in [-0.2, -0.15) is 0 Å². The van der Waals surface area contributed by atoms with Crippen LogP contribution in [0, 0.1) is 0 Å². The molecule has 0 saturated carbocycles. The molecular weight excluding hydrogens is 144 g/mol. The van der Waals surface area contributed by atoms with E-state index in [4.69, 9.17) is 0 Å². The molecule has 0 bridgehead atoms. The number of rotatable bonds is 4. The van der Waals surface area contributed by atoms with Crippen molar-refractivity contribution in [1.82, 2.24) is 0 Å². The maximum atomic E-state index is 4.15. The molecule has 1 aliphatic carbocycles. The molecular formula is C12H20. The van der Waals surface area contributed by atoms with Crippen molar-refractivity contribution in [2.24, 2.45) is 0 Å². The van der Waals surface area contributed by atoms with Gasteiger partial charge in [0.1, 0.15) is 0 Å². The van der Waals surface area contributed by atoms with E-state index in [1.165, 1.54) is 50.5 Å². The molecule has 0 spiro atoms. The van der Waals surface area contributed by atoms with E-state index < -0.39 is 0 Å². The Labute approximate surface area is 76.4 Å². The van der Waals surface area contributed by atoms with Crippen LogP contribution < -0.4 is 0 Å². The number of allylic oxidation sites excluding steroid dienone is 3. The summed E-state index contributed by atoms with van der Waals surface area (Å²) in [5.74, 6) is 0. The second-order valence-corrected chi connectivity index (χ2v) is 3.68. The van der Waals surface area contributed by atoms with Crippen LogP contribution in [0.2, 0.25) is 0 Å². The third kappa shape index (κ3) is 2.84. The summed E-state index contributed by atoms with van der Waals surface area (Å²) in [6, 6.07) is 0. The summed E-state index contributed by atoms with van der Waals surface area (Å²) in [7, 11) is 0. The van der Waals surface area contributed by atoms with Crippen molar-refractivity contribution in [1.29, 1.82) is 0 Å². The first-order valence-electron chi connectivity index (χ1n) is 5.21. The quantitative estimate of drug-likeness (QED) is 0.583. The second-order valence-electron chi connectivity index (χ2n) is 3.68. The Balaban J connectivity index is 2.35. The normalized spacial score (nSPS) is 17.2. The van der Waals surface area contributed by atoms with Crippen LogP contribution in [0.25, 0.3) is 0 Å². The van der Waals surface area contributed by atoms with Crippen molar-refractivity contribution in [2.75, 3.05) is 0 Å². The Morgan fingerprint density at radius 2 is 2.33 bits per heavy atom. The van der Waals surface area contributed by atoms with Crippen LogP contribution in [0.1, 0.15) is 51.9 Å². The lowest BCUT2D eigenvalue weighted by Gasteiger charge is -2.14. The summed E-state index contributed by atoms with van der Waals surface area (Å²) in [6.07, 6.45) is 11.5. The van der Waals surface area contributed by atoms with Crippen LogP contribution in [0.3, 0.4) is 0 Å². The molecule has 0 aromatic carbocycles. The Kier molecular flexibility index (Phi) is 4.13. The fourth-order valence-corrected chi connectivity index (χ4v) is 1.71.